The molecule has 2 heterocycles. The van der Waals surface area contributed by atoms with Gasteiger partial charge in [0.05, 0.1) is 6.04 Å². The number of carbonyl (C=O) groups excluding carboxylic acids is 1. The highest BCUT2D eigenvalue weighted by atomic mass is 32.2. The predicted molar refractivity (Wildman–Crippen MR) is 93.4 cm³/mol. The van der Waals surface area contributed by atoms with Gasteiger partial charge in [-0.05, 0) is 32.6 Å². The van der Waals surface area contributed by atoms with Crippen molar-refractivity contribution >= 4 is 15.9 Å². The average molecular weight is 372 g/mol. The van der Waals surface area contributed by atoms with E-state index in [2.05, 4.69) is 5.16 Å². The molecule has 1 aliphatic heterocycles. The molecule has 0 aliphatic carbocycles. The molecule has 0 aromatic carbocycles. The maximum Gasteiger partial charge on any atom is 0.248 e. The topological polar surface area (TPSA) is 110 Å². The first-order chi connectivity index (χ1) is 11.6. The van der Waals surface area contributed by atoms with E-state index in [1.54, 1.807) is 18.7 Å². The summed E-state index contributed by atoms with van der Waals surface area (Å²) in [6.07, 6.45) is 1.19. The molecule has 2 N–H and O–H groups in total. The number of hydrogen-bond donors (Lipinski definition) is 1. The number of amides is 1. The van der Waals surface area contributed by atoms with Gasteiger partial charge >= 0.3 is 0 Å². The summed E-state index contributed by atoms with van der Waals surface area (Å²) in [5.74, 6) is 0.515. The van der Waals surface area contributed by atoms with Crippen molar-refractivity contribution in [3.63, 3.8) is 0 Å². The molecule has 0 unspecified atom stereocenters. The highest BCUT2D eigenvalue weighted by molar-refractivity contribution is 7.89. The lowest BCUT2D eigenvalue weighted by molar-refractivity contribution is -0.132. The van der Waals surface area contributed by atoms with Crippen LogP contribution in [-0.2, 0) is 14.8 Å². The summed E-state index contributed by atoms with van der Waals surface area (Å²) in [6, 6.07) is -0.536. The monoisotopic (exact) mass is 372 g/mol. The zero-order valence-electron chi connectivity index (χ0n) is 15.4. The van der Waals surface area contributed by atoms with E-state index in [1.807, 2.05) is 13.8 Å². The van der Waals surface area contributed by atoms with Gasteiger partial charge in [0.15, 0.2) is 5.76 Å². The van der Waals surface area contributed by atoms with Crippen molar-refractivity contribution < 1.29 is 17.7 Å². The number of hydrogen-bond acceptors (Lipinski definition) is 6. The Bertz CT molecular complexity index is 694. The molecule has 1 amide bonds. The van der Waals surface area contributed by atoms with Gasteiger partial charge in [-0.15, -0.1) is 0 Å². The van der Waals surface area contributed by atoms with Crippen LogP contribution in [0.15, 0.2) is 9.42 Å². The summed E-state index contributed by atoms with van der Waals surface area (Å²) in [5, 5.41) is 3.73. The van der Waals surface area contributed by atoms with Crippen molar-refractivity contribution in [2.45, 2.75) is 51.5 Å². The highest BCUT2D eigenvalue weighted by Gasteiger charge is 2.33. The molecule has 25 heavy (non-hydrogen) atoms. The third-order valence-electron chi connectivity index (χ3n) is 4.37. The van der Waals surface area contributed by atoms with Gasteiger partial charge in [-0.3, -0.25) is 4.79 Å². The first-order valence-corrected chi connectivity index (χ1v) is 10.1. The summed E-state index contributed by atoms with van der Waals surface area (Å²) in [6.45, 7) is 8.70. The summed E-state index contributed by atoms with van der Waals surface area (Å²) < 4.78 is 32.2. The molecule has 1 atom stereocenters. The molecule has 1 aromatic heterocycles. The molecular weight excluding hydrogens is 344 g/mol. The van der Waals surface area contributed by atoms with Crippen LogP contribution in [0.25, 0.3) is 0 Å². The first kappa shape index (κ1) is 19.9. The van der Waals surface area contributed by atoms with Gasteiger partial charge in [-0.1, -0.05) is 19.0 Å². The van der Waals surface area contributed by atoms with E-state index in [9.17, 15) is 13.2 Å². The van der Waals surface area contributed by atoms with E-state index in [4.69, 9.17) is 10.3 Å². The molecule has 1 fully saturated rings. The van der Waals surface area contributed by atoms with Gasteiger partial charge < -0.3 is 15.2 Å². The third kappa shape index (κ3) is 4.39. The van der Waals surface area contributed by atoms with E-state index < -0.39 is 16.1 Å². The van der Waals surface area contributed by atoms with Crippen LogP contribution in [0, 0.1) is 19.8 Å². The smallest absolute Gasteiger partial charge is 0.248 e. The van der Waals surface area contributed by atoms with Gasteiger partial charge in [0.1, 0.15) is 10.6 Å². The Morgan fingerprint density at radius 1 is 1.24 bits per heavy atom. The minimum absolute atomic E-state index is 0.106. The molecule has 0 spiro atoms. The summed E-state index contributed by atoms with van der Waals surface area (Å²) >= 11 is 0. The summed E-state index contributed by atoms with van der Waals surface area (Å²) in [7, 11) is -3.68. The maximum absolute atomic E-state index is 12.9. The SMILES string of the molecule is Cc1noc(C)c1S(=O)(=O)N1CCCN(C(=O)[C@@H](N)CC(C)C)CC1. The second-order valence-electron chi connectivity index (χ2n) is 6.97. The Morgan fingerprint density at radius 2 is 1.92 bits per heavy atom. The molecule has 9 heteroatoms. The zero-order valence-corrected chi connectivity index (χ0v) is 16.2. The van der Waals surface area contributed by atoms with E-state index in [1.165, 1.54) is 4.31 Å². The van der Waals surface area contributed by atoms with Gasteiger partial charge in [-0.2, -0.15) is 4.31 Å². The molecule has 1 aromatic rings. The lowest BCUT2D eigenvalue weighted by Crippen LogP contribution is -2.46. The van der Waals surface area contributed by atoms with Crippen LogP contribution in [0.4, 0.5) is 0 Å². The average Bonchev–Trinajstić information content (AvgIpc) is 2.74. The number of sulfonamides is 1. The lowest BCUT2D eigenvalue weighted by atomic mass is 10.0. The minimum atomic E-state index is -3.68. The van der Waals surface area contributed by atoms with Crippen molar-refractivity contribution in [2.24, 2.45) is 11.7 Å². The van der Waals surface area contributed by atoms with E-state index in [0.717, 1.165) is 0 Å². The number of nitrogens with zero attached hydrogens (tertiary/aromatic N) is 3. The van der Waals surface area contributed by atoms with Crippen molar-refractivity contribution in [1.29, 1.82) is 0 Å². The standard InChI is InChI=1S/C16H28N4O4S/c1-11(2)10-14(17)16(21)19-6-5-7-20(9-8-19)25(22,23)15-12(3)18-24-13(15)4/h11,14H,5-10,17H2,1-4H3/t14-/m0/s1. The van der Waals surface area contributed by atoms with Crippen LogP contribution in [-0.4, -0.2) is 60.9 Å². The predicted octanol–water partition coefficient (Wildman–Crippen LogP) is 0.888. The van der Waals surface area contributed by atoms with E-state index >= 15 is 0 Å². The van der Waals surface area contributed by atoms with Crippen molar-refractivity contribution in [3.05, 3.63) is 11.5 Å². The number of rotatable bonds is 5. The first-order valence-electron chi connectivity index (χ1n) is 8.62. The molecule has 0 bridgehead atoms. The fourth-order valence-corrected chi connectivity index (χ4v) is 4.93. The maximum atomic E-state index is 12.9. The van der Waals surface area contributed by atoms with Crippen molar-refractivity contribution in [1.82, 2.24) is 14.4 Å². The third-order valence-corrected chi connectivity index (χ3v) is 6.52. The molecule has 0 saturated carbocycles. The fraction of sp³-hybridized carbons (Fsp3) is 0.750. The molecule has 1 aliphatic rings. The quantitative estimate of drug-likeness (QED) is 0.822. The van der Waals surface area contributed by atoms with E-state index in [0.29, 0.717) is 44.1 Å². The van der Waals surface area contributed by atoms with Crippen molar-refractivity contribution in [2.75, 3.05) is 26.2 Å². The molecule has 142 valence electrons. The van der Waals surface area contributed by atoms with Gasteiger partial charge in [0, 0.05) is 26.2 Å². The summed E-state index contributed by atoms with van der Waals surface area (Å²) in [5.41, 5.74) is 6.35. The molecule has 1 saturated heterocycles. The normalized spacial score (nSPS) is 18.4. The second-order valence-corrected chi connectivity index (χ2v) is 8.85. The molecule has 2 rings (SSSR count). The number of aromatic nitrogens is 1. The molecular formula is C16H28N4O4S. The second kappa shape index (κ2) is 7.84. The Balaban J connectivity index is 2.10. The van der Waals surface area contributed by atoms with Crippen LogP contribution < -0.4 is 5.73 Å². The largest absolute Gasteiger partial charge is 0.360 e. The van der Waals surface area contributed by atoms with Gasteiger partial charge in [-0.25, -0.2) is 8.42 Å². The van der Waals surface area contributed by atoms with Crippen LogP contribution in [0.5, 0.6) is 0 Å². The molecule has 8 nitrogen and oxygen atoms in total. The Kier molecular flexibility index (Phi) is 6.23. The Hall–Kier alpha value is -1.45. The number of nitrogens with two attached hydrogens (primary N) is 1. The summed E-state index contributed by atoms with van der Waals surface area (Å²) in [4.78, 5) is 14.3. The minimum Gasteiger partial charge on any atom is -0.360 e. The highest BCUT2D eigenvalue weighted by Crippen LogP contribution is 2.24. The number of carbonyl (C=O) groups is 1. The lowest BCUT2D eigenvalue weighted by Gasteiger charge is -2.25. The van der Waals surface area contributed by atoms with Crippen LogP contribution in [0.3, 0.4) is 0 Å². The van der Waals surface area contributed by atoms with Crippen LogP contribution in [0.1, 0.15) is 38.1 Å². The van der Waals surface area contributed by atoms with Gasteiger partial charge in [0.2, 0.25) is 15.9 Å². The fourth-order valence-electron chi connectivity index (χ4n) is 3.17. The van der Waals surface area contributed by atoms with Crippen LogP contribution in [0.2, 0.25) is 0 Å². The Morgan fingerprint density at radius 3 is 2.48 bits per heavy atom. The Labute approximate surface area is 149 Å². The van der Waals surface area contributed by atoms with Crippen LogP contribution >= 0.6 is 0 Å². The molecule has 0 radical (unpaired) electrons. The zero-order chi connectivity index (χ0) is 18.8. The van der Waals surface area contributed by atoms with Crippen molar-refractivity contribution in [3.8, 4) is 0 Å². The van der Waals surface area contributed by atoms with E-state index in [-0.39, 0.29) is 23.1 Å². The number of aryl methyl sites for hydroxylation is 2. The van der Waals surface area contributed by atoms with Gasteiger partial charge in [0.25, 0.3) is 0 Å².